The highest BCUT2D eigenvalue weighted by Gasteiger charge is 2.27. The summed E-state index contributed by atoms with van der Waals surface area (Å²) >= 11 is 1.64. The molecule has 128 valence electrons. The Morgan fingerprint density at radius 2 is 2.17 bits per heavy atom. The van der Waals surface area contributed by atoms with Gasteiger partial charge in [-0.2, -0.15) is 0 Å². The predicted octanol–water partition coefficient (Wildman–Crippen LogP) is 2.57. The number of carbonyl (C=O) groups is 1. The minimum atomic E-state index is 0.182. The van der Waals surface area contributed by atoms with Gasteiger partial charge in [-0.15, -0.1) is 11.3 Å². The maximum absolute atomic E-state index is 12.7. The number of ether oxygens (including phenoxy) is 1. The van der Waals surface area contributed by atoms with Crippen LogP contribution >= 0.6 is 11.3 Å². The summed E-state index contributed by atoms with van der Waals surface area (Å²) in [6, 6.07) is 4.02. The van der Waals surface area contributed by atoms with Crippen LogP contribution in [0.25, 0.3) is 0 Å². The molecule has 3 heterocycles. The van der Waals surface area contributed by atoms with Crippen molar-refractivity contribution in [3.05, 3.63) is 40.6 Å². The summed E-state index contributed by atoms with van der Waals surface area (Å²) in [4.78, 5) is 20.2. The van der Waals surface area contributed by atoms with E-state index in [9.17, 15) is 4.79 Å². The van der Waals surface area contributed by atoms with Gasteiger partial charge in [0.2, 0.25) is 5.91 Å². The van der Waals surface area contributed by atoms with E-state index in [1.165, 1.54) is 12.8 Å². The molecule has 0 bridgehead atoms. The van der Waals surface area contributed by atoms with Gasteiger partial charge in [0.05, 0.1) is 19.6 Å². The molecule has 1 aliphatic carbocycles. The fourth-order valence-electron chi connectivity index (χ4n) is 3.20. The van der Waals surface area contributed by atoms with Crippen LogP contribution in [0.5, 0.6) is 0 Å². The Morgan fingerprint density at radius 1 is 1.29 bits per heavy atom. The Morgan fingerprint density at radius 3 is 2.96 bits per heavy atom. The molecule has 1 atom stereocenters. The minimum Gasteiger partial charge on any atom is -0.381 e. The van der Waals surface area contributed by atoms with E-state index in [1.807, 2.05) is 34.8 Å². The molecule has 2 aliphatic rings. The zero-order valence-corrected chi connectivity index (χ0v) is 14.6. The summed E-state index contributed by atoms with van der Waals surface area (Å²) < 4.78 is 8.08. The van der Waals surface area contributed by atoms with E-state index < -0.39 is 0 Å². The lowest BCUT2D eigenvalue weighted by atomic mass is 10.1. The van der Waals surface area contributed by atoms with E-state index in [2.05, 4.69) is 9.55 Å². The third kappa shape index (κ3) is 3.87. The molecule has 1 saturated carbocycles. The van der Waals surface area contributed by atoms with Crippen LogP contribution in [0.4, 0.5) is 0 Å². The van der Waals surface area contributed by atoms with Gasteiger partial charge in [0.15, 0.2) is 0 Å². The van der Waals surface area contributed by atoms with Gasteiger partial charge in [-0.05, 0) is 30.2 Å². The first kappa shape index (κ1) is 15.8. The number of fused-ring (bicyclic) bond motifs is 1. The van der Waals surface area contributed by atoms with Crippen molar-refractivity contribution in [1.82, 2.24) is 14.5 Å². The van der Waals surface area contributed by atoms with Gasteiger partial charge >= 0.3 is 0 Å². The highest BCUT2D eigenvalue weighted by molar-refractivity contribution is 7.10. The number of aromatic nitrogens is 2. The van der Waals surface area contributed by atoms with Crippen molar-refractivity contribution in [1.29, 1.82) is 0 Å². The van der Waals surface area contributed by atoms with Gasteiger partial charge in [-0.3, -0.25) is 4.79 Å². The number of hydrogen-bond donors (Lipinski definition) is 0. The molecular formula is C18H23N3O2S. The van der Waals surface area contributed by atoms with Crippen molar-refractivity contribution in [2.75, 3.05) is 19.8 Å². The molecule has 24 heavy (non-hydrogen) atoms. The second-order valence-corrected chi connectivity index (χ2v) is 7.91. The third-order valence-electron chi connectivity index (χ3n) is 4.73. The van der Waals surface area contributed by atoms with Crippen LogP contribution in [-0.4, -0.2) is 40.1 Å². The van der Waals surface area contributed by atoms with Gasteiger partial charge in [0, 0.05) is 42.9 Å². The predicted molar refractivity (Wildman–Crippen MR) is 92.7 cm³/mol. The lowest BCUT2D eigenvalue weighted by Gasteiger charge is -2.24. The molecule has 0 N–H and O–H groups in total. The van der Waals surface area contributed by atoms with Crippen LogP contribution in [0.2, 0.25) is 0 Å². The van der Waals surface area contributed by atoms with Gasteiger partial charge in [-0.25, -0.2) is 4.98 Å². The quantitative estimate of drug-likeness (QED) is 0.808. The number of hydrogen-bond acceptors (Lipinski definition) is 4. The summed E-state index contributed by atoms with van der Waals surface area (Å²) in [6.45, 7) is 3.81. The van der Waals surface area contributed by atoms with Gasteiger partial charge in [0.1, 0.15) is 5.82 Å². The second kappa shape index (κ2) is 7.07. The van der Waals surface area contributed by atoms with Gasteiger partial charge < -0.3 is 14.2 Å². The number of amides is 1. The van der Waals surface area contributed by atoms with Crippen LogP contribution in [0.1, 0.15) is 23.5 Å². The summed E-state index contributed by atoms with van der Waals surface area (Å²) in [6.07, 6.45) is 6.93. The molecule has 5 nitrogen and oxygen atoms in total. The first-order valence-corrected chi connectivity index (χ1v) is 9.54. The zero-order chi connectivity index (χ0) is 16.4. The topological polar surface area (TPSA) is 47.4 Å². The summed E-state index contributed by atoms with van der Waals surface area (Å²) in [5.41, 5.74) is 0. The molecule has 0 radical (unpaired) electrons. The molecule has 1 amide bonds. The standard InChI is InChI=1S/C18H23N3O2S/c22-18(8-16-2-1-7-24-16)21-10-15(13-23-12-14-3-4-14)9-20-6-5-19-17(20)11-21/h1-2,5-7,14-15H,3-4,8-13H2. The van der Waals surface area contributed by atoms with E-state index in [-0.39, 0.29) is 5.91 Å². The number of imidazole rings is 1. The van der Waals surface area contributed by atoms with E-state index in [0.717, 1.165) is 42.9 Å². The third-order valence-corrected chi connectivity index (χ3v) is 5.61. The van der Waals surface area contributed by atoms with Crippen LogP contribution in [0, 0.1) is 11.8 Å². The Balaban J connectivity index is 1.42. The number of rotatable bonds is 6. The monoisotopic (exact) mass is 345 g/mol. The lowest BCUT2D eigenvalue weighted by Crippen LogP contribution is -2.36. The maximum atomic E-state index is 12.7. The minimum absolute atomic E-state index is 0.182. The largest absolute Gasteiger partial charge is 0.381 e. The molecule has 2 aromatic heterocycles. The van der Waals surface area contributed by atoms with Crippen LogP contribution in [0.3, 0.4) is 0 Å². The van der Waals surface area contributed by atoms with Gasteiger partial charge in [0.25, 0.3) is 0 Å². The van der Waals surface area contributed by atoms with Crippen molar-refractivity contribution >= 4 is 17.2 Å². The Labute approximate surface area is 146 Å². The summed E-state index contributed by atoms with van der Waals surface area (Å²) in [7, 11) is 0. The summed E-state index contributed by atoms with van der Waals surface area (Å²) in [5, 5.41) is 2.02. The Hall–Kier alpha value is -1.66. The molecule has 1 unspecified atom stereocenters. The number of thiophene rings is 1. The average molecular weight is 345 g/mol. The second-order valence-electron chi connectivity index (χ2n) is 6.87. The highest BCUT2D eigenvalue weighted by atomic mass is 32.1. The number of nitrogens with zero attached hydrogens (tertiary/aromatic N) is 3. The molecule has 4 rings (SSSR count). The Bertz CT molecular complexity index is 678. The molecule has 0 spiro atoms. The molecule has 1 fully saturated rings. The van der Waals surface area contributed by atoms with E-state index in [0.29, 0.717) is 18.9 Å². The van der Waals surface area contributed by atoms with Crippen LogP contribution in [0.15, 0.2) is 29.9 Å². The molecule has 0 saturated heterocycles. The summed E-state index contributed by atoms with van der Waals surface area (Å²) in [5.74, 6) is 2.25. The van der Waals surface area contributed by atoms with E-state index in [1.54, 1.807) is 11.3 Å². The number of carbonyl (C=O) groups excluding carboxylic acids is 1. The fourth-order valence-corrected chi connectivity index (χ4v) is 3.89. The van der Waals surface area contributed by atoms with E-state index in [4.69, 9.17) is 4.74 Å². The smallest absolute Gasteiger partial charge is 0.228 e. The maximum Gasteiger partial charge on any atom is 0.228 e. The molecule has 0 aromatic carbocycles. The molecule has 1 aliphatic heterocycles. The Kier molecular flexibility index (Phi) is 4.67. The van der Waals surface area contributed by atoms with E-state index >= 15 is 0 Å². The average Bonchev–Trinajstić information content (AvgIpc) is 3.13. The van der Waals surface area contributed by atoms with Crippen molar-refractivity contribution in [2.24, 2.45) is 11.8 Å². The SMILES string of the molecule is O=C(Cc1cccs1)N1Cc2nccn2CC(COCC2CC2)C1. The fraction of sp³-hybridized carbons (Fsp3) is 0.556. The first-order valence-electron chi connectivity index (χ1n) is 8.66. The molecule has 2 aromatic rings. The lowest BCUT2D eigenvalue weighted by molar-refractivity contribution is -0.131. The van der Waals surface area contributed by atoms with Crippen molar-refractivity contribution in [3.8, 4) is 0 Å². The zero-order valence-electron chi connectivity index (χ0n) is 13.8. The van der Waals surface area contributed by atoms with Crippen LogP contribution < -0.4 is 0 Å². The van der Waals surface area contributed by atoms with Crippen molar-refractivity contribution < 1.29 is 9.53 Å². The van der Waals surface area contributed by atoms with Gasteiger partial charge in [-0.1, -0.05) is 6.07 Å². The first-order chi connectivity index (χ1) is 11.8. The normalized spacial score (nSPS) is 20.7. The van der Waals surface area contributed by atoms with Crippen molar-refractivity contribution in [2.45, 2.75) is 32.4 Å². The van der Waals surface area contributed by atoms with Crippen LogP contribution in [-0.2, 0) is 29.0 Å². The molecular weight excluding hydrogens is 322 g/mol. The molecule has 6 heteroatoms. The van der Waals surface area contributed by atoms with Crippen molar-refractivity contribution in [3.63, 3.8) is 0 Å². The highest BCUT2D eigenvalue weighted by Crippen LogP contribution is 2.29.